The van der Waals surface area contributed by atoms with Crippen molar-refractivity contribution >= 4 is 16.9 Å². The van der Waals surface area contributed by atoms with Crippen LogP contribution in [0, 0.1) is 5.82 Å². The normalized spacial score (nSPS) is 16.3. The van der Waals surface area contributed by atoms with Crippen LogP contribution in [-0.4, -0.2) is 19.9 Å². The van der Waals surface area contributed by atoms with Gasteiger partial charge in [0.1, 0.15) is 5.65 Å². The molecule has 134 valence electrons. The van der Waals surface area contributed by atoms with E-state index in [1.807, 2.05) is 24.4 Å². The fourth-order valence-corrected chi connectivity index (χ4v) is 3.81. The van der Waals surface area contributed by atoms with Crippen LogP contribution < -0.4 is 5.32 Å². The van der Waals surface area contributed by atoms with E-state index in [0.717, 1.165) is 35.9 Å². The topological polar surface area (TPSA) is 66.5 Å². The smallest absolute Gasteiger partial charge is 0.183 e. The number of aromatic amines is 1. The van der Waals surface area contributed by atoms with Crippen molar-refractivity contribution in [3.63, 3.8) is 0 Å². The fourth-order valence-electron chi connectivity index (χ4n) is 3.81. The lowest BCUT2D eigenvalue weighted by Gasteiger charge is -2.27. The van der Waals surface area contributed by atoms with Gasteiger partial charge in [0.15, 0.2) is 17.5 Å². The first kappa shape index (κ1) is 15.9. The van der Waals surface area contributed by atoms with Gasteiger partial charge in [-0.1, -0.05) is 24.3 Å². The maximum absolute atomic E-state index is 14.4. The van der Waals surface area contributed by atoms with Crippen LogP contribution in [0.25, 0.3) is 22.4 Å². The van der Waals surface area contributed by atoms with Gasteiger partial charge in [-0.25, -0.2) is 19.3 Å². The van der Waals surface area contributed by atoms with E-state index < -0.39 is 5.82 Å². The third-order valence-electron chi connectivity index (χ3n) is 5.12. The number of rotatable bonds is 3. The second-order valence-corrected chi connectivity index (χ2v) is 6.78. The zero-order chi connectivity index (χ0) is 18.2. The Labute approximate surface area is 155 Å². The summed E-state index contributed by atoms with van der Waals surface area (Å²) in [7, 11) is 0. The molecule has 4 aromatic rings. The monoisotopic (exact) mass is 359 g/mol. The summed E-state index contributed by atoms with van der Waals surface area (Å²) >= 11 is 0. The molecule has 3 aromatic heterocycles. The van der Waals surface area contributed by atoms with Crippen LogP contribution in [0.1, 0.15) is 30.0 Å². The molecule has 0 spiro atoms. The number of hydrogen-bond acceptors (Lipinski definition) is 4. The molecule has 0 aliphatic heterocycles. The van der Waals surface area contributed by atoms with Gasteiger partial charge in [-0.15, -0.1) is 0 Å². The van der Waals surface area contributed by atoms with Crippen molar-refractivity contribution in [1.82, 2.24) is 19.9 Å². The molecule has 0 fully saturated rings. The first-order chi connectivity index (χ1) is 13.3. The summed E-state index contributed by atoms with van der Waals surface area (Å²) in [5.41, 5.74) is 4.11. The minimum Gasteiger partial charge on any atom is -0.361 e. The first-order valence-electron chi connectivity index (χ1n) is 9.09. The molecule has 0 amide bonds. The fraction of sp³-hybridized carbons (Fsp3) is 0.190. The number of aryl methyl sites for hydroxylation is 1. The Morgan fingerprint density at radius 2 is 2.04 bits per heavy atom. The van der Waals surface area contributed by atoms with E-state index in [1.54, 1.807) is 6.20 Å². The van der Waals surface area contributed by atoms with Crippen LogP contribution in [-0.2, 0) is 6.42 Å². The number of benzene rings is 1. The molecule has 3 heterocycles. The molecule has 27 heavy (non-hydrogen) atoms. The maximum Gasteiger partial charge on any atom is 0.183 e. The Kier molecular flexibility index (Phi) is 3.81. The molecule has 2 N–H and O–H groups in total. The summed E-state index contributed by atoms with van der Waals surface area (Å²) in [6.45, 7) is 0. The van der Waals surface area contributed by atoms with E-state index >= 15 is 0 Å². The van der Waals surface area contributed by atoms with E-state index in [9.17, 15) is 4.39 Å². The number of anilines is 1. The van der Waals surface area contributed by atoms with Crippen LogP contribution in [0.3, 0.4) is 0 Å². The van der Waals surface area contributed by atoms with Gasteiger partial charge in [0.2, 0.25) is 0 Å². The molecule has 0 saturated carbocycles. The number of hydrogen-bond donors (Lipinski definition) is 2. The zero-order valence-electron chi connectivity index (χ0n) is 14.6. The molecule has 1 atom stereocenters. The second-order valence-electron chi connectivity index (χ2n) is 6.78. The summed E-state index contributed by atoms with van der Waals surface area (Å²) in [4.78, 5) is 16.1. The van der Waals surface area contributed by atoms with Gasteiger partial charge < -0.3 is 10.3 Å². The molecule has 1 aromatic carbocycles. The van der Waals surface area contributed by atoms with Gasteiger partial charge in [-0.2, -0.15) is 0 Å². The Morgan fingerprint density at radius 3 is 3.00 bits per heavy atom. The molecule has 0 radical (unpaired) electrons. The standard InChI is InChI=1S/C21H18FN5/c22-17-12-25-20(16-11-24-19-15(16)8-4-10-23-19)27-21(17)26-18-9-3-6-13-5-1-2-7-14(13)18/h1-2,4-5,7-8,10-12,18H,3,6,9H2,(H,23,24)(H,25,26,27)/t18-/m1/s1. The predicted molar refractivity (Wildman–Crippen MR) is 103 cm³/mol. The zero-order valence-corrected chi connectivity index (χ0v) is 14.6. The average Bonchev–Trinajstić information content (AvgIpc) is 3.14. The minimum atomic E-state index is -0.445. The summed E-state index contributed by atoms with van der Waals surface area (Å²) in [5, 5.41) is 4.22. The van der Waals surface area contributed by atoms with E-state index in [1.165, 1.54) is 17.3 Å². The highest BCUT2D eigenvalue weighted by Gasteiger charge is 2.22. The van der Waals surface area contributed by atoms with E-state index in [4.69, 9.17) is 0 Å². The number of aromatic nitrogens is 4. The number of fused-ring (bicyclic) bond motifs is 2. The summed E-state index contributed by atoms with van der Waals surface area (Å²) in [6, 6.07) is 12.2. The van der Waals surface area contributed by atoms with Crippen molar-refractivity contribution < 1.29 is 4.39 Å². The number of nitrogens with one attached hydrogen (secondary N) is 2. The van der Waals surface area contributed by atoms with Gasteiger partial charge >= 0.3 is 0 Å². The predicted octanol–water partition coefficient (Wildman–Crippen LogP) is 4.65. The highest BCUT2D eigenvalue weighted by molar-refractivity contribution is 5.91. The molecule has 5 rings (SSSR count). The summed E-state index contributed by atoms with van der Waals surface area (Å²) in [5.74, 6) is 0.266. The van der Waals surface area contributed by atoms with Crippen molar-refractivity contribution in [2.45, 2.75) is 25.3 Å². The van der Waals surface area contributed by atoms with Crippen LogP contribution in [0.5, 0.6) is 0 Å². The number of H-pyrrole nitrogens is 1. The quantitative estimate of drug-likeness (QED) is 0.559. The minimum absolute atomic E-state index is 0.0526. The molecule has 0 unspecified atom stereocenters. The highest BCUT2D eigenvalue weighted by Crippen LogP contribution is 2.33. The molecular formula is C21H18FN5. The van der Waals surface area contributed by atoms with Crippen LogP contribution in [0.4, 0.5) is 10.2 Å². The SMILES string of the molecule is Fc1cnc(-c2c[nH]c3ncccc23)nc1N[C@@H]1CCCc2ccccc21. The molecule has 1 aliphatic carbocycles. The van der Waals surface area contributed by atoms with E-state index in [0.29, 0.717) is 5.82 Å². The maximum atomic E-state index is 14.4. The summed E-state index contributed by atoms with van der Waals surface area (Å²) in [6.07, 6.45) is 7.85. The van der Waals surface area contributed by atoms with Gasteiger partial charge in [0, 0.05) is 23.3 Å². The molecule has 6 heteroatoms. The van der Waals surface area contributed by atoms with Crippen molar-refractivity contribution in [1.29, 1.82) is 0 Å². The summed E-state index contributed by atoms with van der Waals surface area (Å²) < 4.78 is 14.4. The Morgan fingerprint density at radius 1 is 1.11 bits per heavy atom. The largest absolute Gasteiger partial charge is 0.361 e. The number of pyridine rings is 1. The Hall–Kier alpha value is -3.28. The third kappa shape index (κ3) is 2.83. The average molecular weight is 359 g/mol. The lowest BCUT2D eigenvalue weighted by molar-refractivity contribution is 0.579. The van der Waals surface area contributed by atoms with Gasteiger partial charge in [0.05, 0.1) is 12.2 Å². The van der Waals surface area contributed by atoms with E-state index in [2.05, 4.69) is 43.5 Å². The third-order valence-corrected chi connectivity index (χ3v) is 5.12. The molecule has 5 nitrogen and oxygen atoms in total. The van der Waals surface area contributed by atoms with Crippen molar-refractivity contribution in [2.75, 3.05) is 5.32 Å². The first-order valence-corrected chi connectivity index (χ1v) is 9.09. The number of halogens is 1. The lowest BCUT2D eigenvalue weighted by atomic mass is 9.88. The van der Waals surface area contributed by atoms with Crippen LogP contribution in [0.15, 0.2) is 55.0 Å². The number of nitrogens with zero attached hydrogens (tertiary/aromatic N) is 3. The van der Waals surface area contributed by atoms with Crippen molar-refractivity contribution in [3.8, 4) is 11.4 Å². The molecule has 0 bridgehead atoms. The van der Waals surface area contributed by atoms with E-state index in [-0.39, 0.29) is 11.9 Å². The highest BCUT2D eigenvalue weighted by atomic mass is 19.1. The second kappa shape index (κ2) is 6.46. The molecule has 0 saturated heterocycles. The van der Waals surface area contributed by atoms with Gasteiger partial charge in [0.25, 0.3) is 0 Å². The molecular weight excluding hydrogens is 341 g/mol. The van der Waals surface area contributed by atoms with Gasteiger partial charge in [-0.3, -0.25) is 0 Å². The van der Waals surface area contributed by atoms with Crippen molar-refractivity contribution in [3.05, 3.63) is 71.9 Å². The Bertz CT molecular complexity index is 1120. The van der Waals surface area contributed by atoms with Gasteiger partial charge in [-0.05, 0) is 42.5 Å². The Balaban J connectivity index is 1.52. The van der Waals surface area contributed by atoms with Crippen LogP contribution in [0.2, 0.25) is 0 Å². The van der Waals surface area contributed by atoms with Crippen molar-refractivity contribution in [2.24, 2.45) is 0 Å². The lowest BCUT2D eigenvalue weighted by Crippen LogP contribution is -2.18. The molecule has 1 aliphatic rings. The van der Waals surface area contributed by atoms with Crippen LogP contribution >= 0.6 is 0 Å².